The third kappa shape index (κ3) is 4.07. The Kier molecular flexibility index (Phi) is 5.25. The van der Waals surface area contributed by atoms with E-state index in [1.807, 2.05) is 11.8 Å². The van der Waals surface area contributed by atoms with Gasteiger partial charge in [0.15, 0.2) is 5.69 Å². The van der Waals surface area contributed by atoms with Crippen LogP contribution in [-0.4, -0.2) is 39.1 Å². The molecule has 0 atom stereocenters. The molecule has 2 heterocycles. The molecule has 1 saturated carbocycles. The van der Waals surface area contributed by atoms with E-state index in [-0.39, 0.29) is 23.8 Å². The van der Waals surface area contributed by atoms with Gasteiger partial charge in [0, 0.05) is 25.1 Å². The molecular weight excluding hydrogens is 312 g/mol. The first-order valence-corrected chi connectivity index (χ1v) is 9.52. The lowest BCUT2D eigenvalue weighted by Gasteiger charge is -2.21. The first-order chi connectivity index (χ1) is 11.1. The van der Waals surface area contributed by atoms with Crippen molar-refractivity contribution in [2.75, 3.05) is 16.8 Å². The highest BCUT2D eigenvalue weighted by atomic mass is 32.2. The maximum atomic E-state index is 12.3. The Morgan fingerprint density at radius 2 is 1.91 bits per heavy atom. The zero-order valence-electron chi connectivity index (χ0n) is 13.5. The van der Waals surface area contributed by atoms with Crippen LogP contribution in [0.15, 0.2) is 6.07 Å². The lowest BCUT2D eigenvalue weighted by molar-refractivity contribution is -0.119. The predicted molar refractivity (Wildman–Crippen MR) is 91.6 cm³/mol. The molecule has 3 rings (SSSR count). The van der Waals surface area contributed by atoms with Gasteiger partial charge in [0.25, 0.3) is 5.91 Å². The smallest absolute Gasteiger partial charge is 0.272 e. The van der Waals surface area contributed by atoms with Crippen molar-refractivity contribution >= 4 is 29.4 Å². The highest BCUT2D eigenvalue weighted by molar-refractivity contribution is 7.99. The highest BCUT2D eigenvalue weighted by Crippen LogP contribution is 2.26. The highest BCUT2D eigenvalue weighted by Gasteiger charge is 2.24. The van der Waals surface area contributed by atoms with Gasteiger partial charge >= 0.3 is 0 Å². The molecule has 2 N–H and O–H groups in total. The van der Waals surface area contributed by atoms with Crippen LogP contribution >= 0.6 is 11.8 Å². The van der Waals surface area contributed by atoms with Crippen LogP contribution in [0.4, 0.5) is 5.82 Å². The van der Waals surface area contributed by atoms with Crippen LogP contribution in [0, 0.1) is 5.92 Å². The van der Waals surface area contributed by atoms with E-state index in [1.165, 1.54) is 0 Å². The third-order valence-corrected chi connectivity index (χ3v) is 5.69. The number of nitrogens with zero attached hydrogens (tertiary/aromatic N) is 2. The molecular formula is C16H24N4O2S. The molecule has 0 radical (unpaired) electrons. The number of carbonyl (C=O) groups is 2. The zero-order valence-corrected chi connectivity index (χ0v) is 14.3. The summed E-state index contributed by atoms with van der Waals surface area (Å²) in [6.07, 6.45) is 6.17. The molecule has 0 aromatic carbocycles. The van der Waals surface area contributed by atoms with E-state index in [0.717, 1.165) is 50.0 Å². The van der Waals surface area contributed by atoms with Crippen molar-refractivity contribution in [1.29, 1.82) is 0 Å². The van der Waals surface area contributed by atoms with Gasteiger partial charge in [-0.15, -0.1) is 0 Å². The van der Waals surface area contributed by atoms with Crippen molar-refractivity contribution in [2.24, 2.45) is 13.0 Å². The monoisotopic (exact) mass is 336 g/mol. The Hall–Kier alpha value is -1.50. The molecule has 1 aliphatic heterocycles. The average Bonchev–Trinajstić information content (AvgIpc) is 3.19. The standard InChI is InChI=1S/C16H24N4O2S/c1-20-14(18-15(21)11-4-2-3-5-11)10-13(19-20)16(22)17-12-6-8-23-9-7-12/h10-12H,2-9H2,1H3,(H,17,22)(H,18,21). The number of hydrogen-bond donors (Lipinski definition) is 2. The molecule has 0 spiro atoms. The first-order valence-electron chi connectivity index (χ1n) is 8.37. The van der Waals surface area contributed by atoms with Gasteiger partial charge in [0.05, 0.1) is 0 Å². The second-order valence-electron chi connectivity index (χ2n) is 6.37. The molecule has 2 fully saturated rings. The van der Waals surface area contributed by atoms with E-state index in [0.29, 0.717) is 11.5 Å². The predicted octanol–water partition coefficient (Wildman–Crippen LogP) is 2.17. The maximum Gasteiger partial charge on any atom is 0.272 e. The zero-order chi connectivity index (χ0) is 16.2. The Bertz CT molecular complexity index is 575. The minimum Gasteiger partial charge on any atom is -0.348 e. The van der Waals surface area contributed by atoms with Gasteiger partial charge in [-0.2, -0.15) is 16.9 Å². The molecule has 7 heteroatoms. The molecule has 2 aliphatic rings. The van der Waals surface area contributed by atoms with Crippen molar-refractivity contribution in [2.45, 2.75) is 44.6 Å². The van der Waals surface area contributed by atoms with Crippen LogP contribution in [0.2, 0.25) is 0 Å². The van der Waals surface area contributed by atoms with Gasteiger partial charge in [-0.3, -0.25) is 14.3 Å². The summed E-state index contributed by atoms with van der Waals surface area (Å²) in [6, 6.07) is 1.90. The average molecular weight is 336 g/mol. The molecule has 1 aromatic rings. The SMILES string of the molecule is Cn1nc(C(=O)NC2CCSCC2)cc1NC(=O)C1CCCC1. The molecule has 0 unspecified atom stereocenters. The normalized spacial score (nSPS) is 19.7. The second kappa shape index (κ2) is 7.38. The molecule has 2 amide bonds. The van der Waals surface area contributed by atoms with E-state index in [9.17, 15) is 9.59 Å². The Labute approximate surface area is 140 Å². The maximum absolute atomic E-state index is 12.3. The van der Waals surface area contributed by atoms with E-state index in [4.69, 9.17) is 0 Å². The molecule has 6 nitrogen and oxygen atoms in total. The van der Waals surface area contributed by atoms with E-state index >= 15 is 0 Å². The van der Waals surface area contributed by atoms with Gasteiger partial charge in [-0.1, -0.05) is 12.8 Å². The number of aryl methyl sites for hydroxylation is 1. The summed E-state index contributed by atoms with van der Waals surface area (Å²) < 4.78 is 1.57. The van der Waals surface area contributed by atoms with Crippen molar-refractivity contribution in [3.63, 3.8) is 0 Å². The molecule has 126 valence electrons. The van der Waals surface area contributed by atoms with Gasteiger partial charge in [-0.25, -0.2) is 0 Å². The number of thioether (sulfide) groups is 1. The van der Waals surface area contributed by atoms with Crippen LogP contribution in [0.25, 0.3) is 0 Å². The van der Waals surface area contributed by atoms with E-state index in [1.54, 1.807) is 17.8 Å². The van der Waals surface area contributed by atoms with Crippen LogP contribution in [0.1, 0.15) is 49.0 Å². The lowest BCUT2D eigenvalue weighted by atomic mass is 10.1. The van der Waals surface area contributed by atoms with Gasteiger partial charge < -0.3 is 10.6 Å². The van der Waals surface area contributed by atoms with Crippen LogP contribution in [-0.2, 0) is 11.8 Å². The molecule has 1 saturated heterocycles. The molecule has 23 heavy (non-hydrogen) atoms. The fourth-order valence-corrected chi connectivity index (χ4v) is 4.32. The molecule has 1 aromatic heterocycles. The molecule has 1 aliphatic carbocycles. The minimum atomic E-state index is -0.154. The third-order valence-electron chi connectivity index (χ3n) is 4.65. The minimum absolute atomic E-state index is 0.0433. The van der Waals surface area contributed by atoms with Crippen molar-refractivity contribution in [1.82, 2.24) is 15.1 Å². The lowest BCUT2D eigenvalue weighted by Crippen LogP contribution is -2.37. The van der Waals surface area contributed by atoms with Crippen LogP contribution in [0.3, 0.4) is 0 Å². The number of hydrogen-bond acceptors (Lipinski definition) is 4. The van der Waals surface area contributed by atoms with Crippen LogP contribution in [0.5, 0.6) is 0 Å². The Balaban J connectivity index is 1.60. The fourth-order valence-electron chi connectivity index (χ4n) is 3.21. The number of anilines is 1. The van der Waals surface area contributed by atoms with Crippen molar-refractivity contribution in [3.05, 3.63) is 11.8 Å². The summed E-state index contributed by atoms with van der Waals surface area (Å²) in [5.41, 5.74) is 0.368. The second-order valence-corrected chi connectivity index (χ2v) is 7.59. The fraction of sp³-hybridized carbons (Fsp3) is 0.688. The summed E-state index contributed by atoms with van der Waals surface area (Å²) in [5.74, 6) is 2.76. The van der Waals surface area contributed by atoms with Gasteiger partial charge in [0.1, 0.15) is 5.82 Å². The number of aromatic nitrogens is 2. The quantitative estimate of drug-likeness (QED) is 0.883. The largest absolute Gasteiger partial charge is 0.348 e. The summed E-state index contributed by atoms with van der Waals surface area (Å²) in [7, 11) is 1.75. The van der Waals surface area contributed by atoms with Crippen LogP contribution < -0.4 is 10.6 Å². The molecule has 0 bridgehead atoms. The first kappa shape index (κ1) is 16.4. The number of rotatable bonds is 4. The Morgan fingerprint density at radius 3 is 2.61 bits per heavy atom. The number of nitrogens with one attached hydrogen (secondary N) is 2. The Morgan fingerprint density at radius 1 is 1.22 bits per heavy atom. The summed E-state index contributed by atoms with van der Waals surface area (Å²) in [5, 5.41) is 10.2. The van der Waals surface area contributed by atoms with Crippen molar-refractivity contribution in [3.8, 4) is 0 Å². The van der Waals surface area contributed by atoms with Gasteiger partial charge in [0.2, 0.25) is 5.91 Å². The van der Waals surface area contributed by atoms with E-state index in [2.05, 4.69) is 15.7 Å². The summed E-state index contributed by atoms with van der Waals surface area (Å²) >= 11 is 1.93. The van der Waals surface area contributed by atoms with Gasteiger partial charge in [-0.05, 0) is 37.2 Å². The van der Waals surface area contributed by atoms with E-state index < -0.39 is 0 Å². The summed E-state index contributed by atoms with van der Waals surface area (Å²) in [6.45, 7) is 0. The topological polar surface area (TPSA) is 76.0 Å². The van der Waals surface area contributed by atoms with Crippen molar-refractivity contribution < 1.29 is 9.59 Å². The number of carbonyl (C=O) groups excluding carboxylic acids is 2. The summed E-state index contributed by atoms with van der Waals surface area (Å²) in [4.78, 5) is 24.5. The number of amides is 2.